The molecule has 296 valence electrons. The number of aromatic nitrogens is 1. The van der Waals surface area contributed by atoms with E-state index in [4.69, 9.17) is 4.74 Å². The molecule has 0 spiro atoms. The summed E-state index contributed by atoms with van der Waals surface area (Å²) in [6.07, 6.45) is 7.09. The molecule has 9 aromatic carbocycles. The number of rotatable bonds is 6. The summed E-state index contributed by atoms with van der Waals surface area (Å²) >= 11 is 0. The lowest BCUT2D eigenvalue weighted by Gasteiger charge is -2.34. The Hall–Kier alpha value is -7.10. The van der Waals surface area contributed by atoms with Crippen molar-refractivity contribution < 1.29 is 4.74 Å². The standard InChI is InChI=1S/C59H44N2O/c1-2-11-46-40(9-1)10-7-15-47(46)49-28-30-54(50-13-4-3-12-48(49)50)60(45-26-22-42(23-27-45)59-35-37-31-38(36-59)33-43(59)32-37)44-24-19-39(20-25-44)41-21-29-55-57(34-41)62-56-18-8-16-52-51-14-5-6-17-53(51)61(55)58(52)56/h1-30,34,37-38,43H,31-33,35-36H2. The predicted octanol–water partition coefficient (Wildman–Crippen LogP) is 16.1. The Morgan fingerprint density at radius 3 is 1.95 bits per heavy atom. The summed E-state index contributed by atoms with van der Waals surface area (Å²) in [5, 5.41) is 7.48. The molecule has 0 N–H and O–H groups in total. The van der Waals surface area contributed by atoms with Crippen LogP contribution in [0.1, 0.15) is 37.7 Å². The van der Waals surface area contributed by atoms with Gasteiger partial charge in [-0.1, -0.05) is 133 Å². The maximum Gasteiger partial charge on any atom is 0.152 e. The number of nitrogens with zero attached hydrogens (tertiary/aromatic N) is 2. The summed E-state index contributed by atoms with van der Waals surface area (Å²) in [4.78, 5) is 2.48. The van der Waals surface area contributed by atoms with Crippen LogP contribution < -0.4 is 9.64 Å². The van der Waals surface area contributed by atoms with Crippen LogP contribution in [-0.2, 0) is 5.41 Å². The molecule has 2 heterocycles. The van der Waals surface area contributed by atoms with Crippen molar-refractivity contribution in [3.63, 3.8) is 0 Å². The molecule has 2 unspecified atom stereocenters. The van der Waals surface area contributed by atoms with Crippen molar-refractivity contribution in [3.05, 3.63) is 194 Å². The monoisotopic (exact) mass is 796 g/mol. The molecule has 0 radical (unpaired) electrons. The second kappa shape index (κ2) is 13.0. The van der Waals surface area contributed by atoms with Gasteiger partial charge in [-0.3, -0.25) is 0 Å². The van der Waals surface area contributed by atoms with E-state index in [9.17, 15) is 0 Å². The summed E-state index contributed by atoms with van der Waals surface area (Å²) in [5.74, 6) is 4.48. The summed E-state index contributed by atoms with van der Waals surface area (Å²) in [5.41, 5.74) is 13.6. The van der Waals surface area contributed by atoms with Gasteiger partial charge in [0.25, 0.3) is 0 Å². The van der Waals surface area contributed by atoms with E-state index in [-0.39, 0.29) is 0 Å². The van der Waals surface area contributed by atoms with Gasteiger partial charge in [0.2, 0.25) is 0 Å². The number of benzene rings is 9. The third kappa shape index (κ3) is 4.94. The first-order valence-electron chi connectivity index (χ1n) is 22.5. The molecule has 2 atom stereocenters. The minimum Gasteiger partial charge on any atom is -0.453 e. The van der Waals surface area contributed by atoms with Crippen LogP contribution in [0.5, 0.6) is 11.5 Å². The molecule has 4 saturated carbocycles. The highest BCUT2D eigenvalue weighted by Crippen LogP contribution is 2.66. The first-order chi connectivity index (χ1) is 30.7. The van der Waals surface area contributed by atoms with Crippen molar-refractivity contribution in [2.24, 2.45) is 17.8 Å². The second-order valence-electron chi connectivity index (χ2n) is 18.6. The highest BCUT2D eigenvalue weighted by molar-refractivity contribution is 6.13. The molecule has 62 heavy (non-hydrogen) atoms. The molecular formula is C59H44N2O. The van der Waals surface area contributed by atoms with E-state index in [1.165, 1.54) is 92.4 Å². The summed E-state index contributed by atoms with van der Waals surface area (Å²) in [7, 11) is 0. The molecule has 3 nitrogen and oxygen atoms in total. The molecule has 4 aliphatic carbocycles. The third-order valence-electron chi connectivity index (χ3n) is 15.4. The smallest absolute Gasteiger partial charge is 0.152 e. The van der Waals surface area contributed by atoms with E-state index in [0.29, 0.717) is 5.41 Å². The Morgan fingerprint density at radius 1 is 0.484 bits per heavy atom. The maximum atomic E-state index is 6.68. The Kier molecular flexibility index (Phi) is 7.23. The Labute approximate surface area is 361 Å². The van der Waals surface area contributed by atoms with Gasteiger partial charge < -0.3 is 14.2 Å². The van der Waals surface area contributed by atoms with Crippen molar-refractivity contribution in [2.45, 2.75) is 37.5 Å². The van der Waals surface area contributed by atoms with Crippen LogP contribution >= 0.6 is 0 Å². The van der Waals surface area contributed by atoms with E-state index >= 15 is 0 Å². The van der Waals surface area contributed by atoms with Crippen LogP contribution in [0.15, 0.2) is 188 Å². The summed E-state index contributed by atoms with van der Waals surface area (Å²) < 4.78 is 9.04. The maximum absolute atomic E-state index is 6.68. The third-order valence-corrected chi connectivity index (χ3v) is 15.4. The van der Waals surface area contributed by atoms with Crippen LogP contribution in [0.2, 0.25) is 0 Å². The topological polar surface area (TPSA) is 17.4 Å². The molecule has 1 aliphatic heterocycles. The van der Waals surface area contributed by atoms with E-state index in [1.807, 2.05) is 0 Å². The lowest BCUT2D eigenvalue weighted by molar-refractivity contribution is 0.266. The highest BCUT2D eigenvalue weighted by atomic mass is 16.5. The highest BCUT2D eigenvalue weighted by Gasteiger charge is 2.58. The lowest BCUT2D eigenvalue weighted by Crippen LogP contribution is -2.27. The molecule has 3 heteroatoms. The van der Waals surface area contributed by atoms with Crippen molar-refractivity contribution in [3.8, 4) is 39.4 Å². The molecule has 4 bridgehead atoms. The van der Waals surface area contributed by atoms with Crippen molar-refractivity contribution >= 4 is 60.4 Å². The zero-order valence-corrected chi connectivity index (χ0v) is 34.5. The van der Waals surface area contributed by atoms with Crippen LogP contribution in [0.4, 0.5) is 17.1 Å². The van der Waals surface area contributed by atoms with E-state index < -0.39 is 0 Å². The minimum absolute atomic E-state index is 0.381. The van der Waals surface area contributed by atoms with Crippen LogP contribution in [0.3, 0.4) is 0 Å². The largest absolute Gasteiger partial charge is 0.453 e. The molecular weight excluding hydrogens is 753 g/mol. The number of hydrogen-bond acceptors (Lipinski definition) is 2. The first kappa shape index (κ1) is 34.6. The molecule has 15 rings (SSSR count). The van der Waals surface area contributed by atoms with E-state index in [1.54, 1.807) is 5.56 Å². The van der Waals surface area contributed by atoms with Crippen LogP contribution in [-0.4, -0.2) is 4.57 Å². The number of anilines is 3. The Bertz CT molecular complexity index is 3430. The van der Waals surface area contributed by atoms with Gasteiger partial charge in [-0.15, -0.1) is 0 Å². The number of para-hydroxylation sites is 2. The quantitative estimate of drug-likeness (QED) is 0.167. The van der Waals surface area contributed by atoms with Gasteiger partial charge in [-0.25, -0.2) is 0 Å². The fourth-order valence-corrected chi connectivity index (χ4v) is 13.0. The average molecular weight is 797 g/mol. The minimum atomic E-state index is 0.381. The molecule has 0 amide bonds. The number of hydrogen-bond donors (Lipinski definition) is 0. The molecule has 4 fully saturated rings. The van der Waals surface area contributed by atoms with E-state index in [2.05, 4.69) is 198 Å². The average Bonchev–Trinajstić information content (AvgIpc) is 3.90. The van der Waals surface area contributed by atoms with Gasteiger partial charge in [-0.2, -0.15) is 0 Å². The Balaban J connectivity index is 0.885. The summed E-state index contributed by atoms with van der Waals surface area (Å²) in [6, 6.07) is 69.7. The SMILES string of the molecule is c1ccc2c(-c3ccc(N(c4ccc(-c5ccc6c(c5)Oc5cccc7c8ccccc8n-6c57)cc4)c4ccc(C56CC7CC(CC5C7)C6)cc4)c4ccccc34)cccc2c1. The number of fused-ring (bicyclic) bond motifs is 7. The zero-order chi connectivity index (χ0) is 40.5. The summed E-state index contributed by atoms with van der Waals surface area (Å²) in [6.45, 7) is 0. The first-order valence-corrected chi connectivity index (χ1v) is 22.5. The lowest BCUT2D eigenvalue weighted by atomic mass is 9.71. The zero-order valence-electron chi connectivity index (χ0n) is 34.5. The van der Waals surface area contributed by atoms with E-state index in [0.717, 1.165) is 57.3 Å². The predicted molar refractivity (Wildman–Crippen MR) is 257 cm³/mol. The van der Waals surface area contributed by atoms with Gasteiger partial charge in [0.05, 0.1) is 22.4 Å². The normalized spacial score (nSPS) is 20.6. The Morgan fingerprint density at radius 2 is 1.13 bits per heavy atom. The van der Waals surface area contributed by atoms with Gasteiger partial charge in [0.1, 0.15) is 0 Å². The van der Waals surface area contributed by atoms with Gasteiger partial charge in [0, 0.05) is 27.5 Å². The van der Waals surface area contributed by atoms with Crippen molar-refractivity contribution in [1.29, 1.82) is 0 Å². The van der Waals surface area contributed by atoms with Crippen LogP contribution in [0.25, 0.3) is 71.3 Å². The van der Waals surface area contributed by atoms with Crippen LogP contribution in [0, 0.1) is 17.8 Å². The second-order valence-corrected chi connectivity index (χ2v) is 18.6. The fraction of sp³-hybridized carbons (Fsp3) is 0.153. The molecule has 1 aromatic heterocycles. The van der Waals surface area contributed by atoms with Gasteiger partial charge >= 0.3 is 0 Å². The van der Waals surface area contributed by atoms with Crippen molar-refractivity contribution in [2.75, 3.05) is 4.90 Å². The van der Waals surface area contributed by atoms with Gasteiger partial charge in [-0.05, 0) is 154 Å². The molecule has 5 aliphatic rings. The fourth-order valence-electron chi connectivity index (χ4n) is 13.0. The molecule has 0 saturated heterocycles. The van der Waals surface area contributed by atoms with Crippen molar-refractivity contribution in [1.82, 2.24) is 4.57 Å². The number of ether oxygens (including phenoxy) is 1. The van der Waals surface area contributed by atoms with Gasteiger partial charge in [0.15, 0.2) is 11.5 Å². The molecule has 10 aromatic rings.